The summed E-state index contributed by atoms with van der Waals surface area (Å²) < 4.78 is 28.8. The molecule has 118 valence electrons. The Balaban J connectivity index is 1.95. The van der Waals surface area contributed by atoms with E-state index in [1.165, 1.54) is 0 Å². The molecule has 0 N–H and O–H groups in total. The minimum absolute atomic E-state index is 0.626. The summed E-state index contributed by atoms with van der Waals surface area (Å²) in [5.41, 5.74) is 0. The fourth-order valence-corrected chi connectivity index (χ4v) is 5.07. The van der Waals surface area contributed by atoms with E-state index < -0.39 is 10.2 Å². The summed E-state index contributed by atoms with van der Waals surface area (Å²) in [6, 6.07) is 0. The zero-order valence-electron chi connectivity index (χ0n) is 12.3. The zero-order chi connectivity index (χ0) is 14.6. The number of piperidine rings is 1. The standard InChI is InChI=1S/C13H26BrN3O2S/c1-13-3-8-17(9-4-13)20(18,19)16-7-2-6-15(10-5-14)11-12-16/h13H,2-12H2,1H3. The quantitative estimate of drug-likeness (QED) is 0.704. The minimum Gasteiger partial charge on any atom is -0.301 e. The van der Waals surface area contributed by atoms with Crippen molar-refractivity contribution in [1.29, 1.82) is 0 Å². The topological polar surface area (TPSA) is 43.9 Å². The third kappa shape index (κ3) is 4.16. The third-order valence-electron chi connectivity index (χ3n) is 4.34. The summed E-state index contributed by atoms with van der Waals surface area (Å²) in [6.45, 7) is 7.69. The van der Waals surface area contributed by atoms with Crippen LogP contribution < -0.4 is 0 Å². The number of hydrogen-bond donors (Lipinski definition) is 0. The van der Waals surface area contributed by atoms with Crippen LogP contribution in [0.25, 0.3) is 0 Å². The highest BCUT2D eigenvalue weighted by molar-refractivity contribution is 9.09. The second kappa shape index (κ2) is 7.54. The van der Waals surface area contributed by atoms with E-state index in [-0.39, 0.29) is 0 Å². The van der Waals surface area contributed by atoms with E-state index in [0.717, 1.165) is 44.2 Å². The minimum atomic E-state index is -3.24. The molecule has 20 heavy (non-hydrogen) atoms. The highest BCUT2D eigenvalue weighted by Gasteiger charge is 2.32. The first kappa shape index (κ1) is 16.7. The van der Waals surface area contributed by atoms with Crippen LogP contribution in [0, 0.1) is 5.92 Å². The normalized spacial score (nSPS) is 25.7. The van der Waals surface area contributed by atoms with Crippen molar-refractivity contribution >= 4 is 26.1 Å². The number of nitrogens with zero attached hydrogens (tertiary/aromatic N) is 3. The Kier molecular flexibility index (Phi) is 6.28. The van der Waals surface area contributed by atoms with Crippen LogP contribution in [0.4, 0.5) is 0 Å². The van der Waals surface area contributed by atoms with Crippen LogP contribution in [0.1, 0.15) is 26.2 Å². The van der Waals surface area contributed by atoms with Crippen LogP contribution >= 0.6 is 15.9 Å². The summed E-state index contributed by atoms with van der Waals surface area (Å²) in [5, 5.41) is 0.948. The summed E-state index contributed by atoms with van der Waals surface area (Å²) in [7, 11) is -3.24. The summed E-state index contributed by atoms with van der Waals surface area (Å²) in [6.07, 6.45) is 2.90. The number of halogens is 1. The number of alkyl halides is 1. The van der Waals surface area contributed by atoms with E-state index in [4.69, 9.17) is 0 Å². The Morgan fingerprint density at radius 2 is 1.65 bits per heavy atom. The van der Waals surface area contributed by atoms with Crippen molar-refractivity contribution in [2.45, 2.75) is 26.2 Å². The average molecular weight is 368 g/mol. The van der Waals surface area contributed by atoms with Gasteiger partial charge in [0, 0.05) is 44.6 Å². The lowest BCUT2D eigenvalue weighted by atomic mass is 10.0. The predicted octanol–water partition coefficient (Wildman–Crippen LogP) is 1.37. The van der Waals surface area contributed by atoms with E-state index in [1.54, 1.807) is 8.61 Å². The highest BCUT2D eigenvalue weighted by atomic mass is 79.9. The molecule has 2 saturated heterocycles. The fourth-order valence-electron chi connectivity index (χ4n) is 2.90. The summed E-state index contributed by atoms with van der Waals surface area (Å²) in [5.74, 6) is 0.653. The Hall–Kier alpha value is 0.310. The van der Waals surface area contributed by atoms with Crippen molar-refractivity contribution in [2.75, 3.05) is 51.1 Å². The molecule has 0 atom stereocenters. The molecule has 0 aromatic rings. The molecule has 0 aromatic carbocycles. The lowest BCUT2D eigenvalue weighted by molar-refractivity contribution is 0.262. The molecule has 0 amide bonds. The van der Waals surface area contributed by atoms with Crippen LogP contribution in [0.2, 0.25) is 0 Å². The molecule has 2 fully saturated rings. The van der Waals surface area contributed by atoms with Crippen molar-refractivity contribution in [1.82, 2.24) is 13.5 Å². The van der Waals surface area contributed by atoms with Crippen molar-refractivity contribution in [3.8, 4) is 0 Å². The molecule has 0 bridgehead atoms. The van der Waals surface area contributed by atoms with Crippen molar-refractivity contribution in [3.63, 3.8) is 0 Å². The summed E-state index contributed by atoms with van der Waals surface area (Å²) in [4.78, 5) is 2.34. The van der Waals surface area contributed by atoms with Gasteiger partial charge in [0.2, 0.25) is 0 Å². The Bertz CT molecular complexity index is 396. The molecule has 0 spiro atoms. The van der Waals surface area contributed by atoms with Gasteiger partial charge in [-0.2, -0.15) is 17.0 Å². The maximum absolute atomic E-state index is 12.7. The molecule has 7 heteroatoms. The van der Waals surface area contributed by atoms with Crippen LogP contribution in [0.3, 0.4) is 0 Å². The van der Waals surface area contributed by atoms with Gasteiger partial charge in [0.05, 0.1) is 0 Å². The lowest BCUT2D eigenvalue weighted by Crippen LogP contribution is -2.48. The average Bonchev–Trinajstić information content (AvgIpc) is 2.66. The molecule has 0 radical (unpaired) electrons. The van der Waals surface area contributed by atoms with E-state index in [1.807, 2.05) is 0 Å². The smallest absolute Gasteiger partial charge is 0.282 e. The van der Waals surface area contributed by atoms with Gasteiger partial charge in [0.15, 0.2) is 0 Å². The molecule has 2 rings (SSSR count). The Morgan fingerprint density at radius 3 is 2.30 bits per heavy atom. The van der Waals surface area contributed by atoms with Gasteiger partial charge in [-0.25, -0.2) is 0 Å². The van der Waals surface area contributed by atoms with Crippen molar-refractivity contribution in [2.24, 2.45) is 5.92 Å². The van der Waals surface area contributed by atoms with Gasteiger partial charge in [0.25, 0.3) is 10.2 Å². The predicted molar refractivity (Wildman–Crippen MR) is 85.3 cm³/mol. The molecule has 0 aromatic heterocycles. The van der Waals surface area contributed by atoms with E-state index in [0.29, 0.717) is 32.1 Å². The number of rotatable bonds is 4. The largest absolute Gasteiger partial charge is 0.301 e. The van der Waals surface area contributed by atoms with Crippen molar-refractivity contribution in [3.05, 3.63) is 0 Å². The molecule has 2 aliphatic heterocycles. The monoisotopic (exact) mass is 367 g/mol. The number of hydrogen-bond acceptors (Lipinski definition) is 3. The van der Waals surface area contributed by atoms with Gasteiger partial charge in [-0.05, 0) is 31.7 Å². The Labute approximate surface area is 131 Å². The van der Waals surface area contributed by atoms with Crippen molar-refractivity contribution < 1.29 is 8.42 Å². The molecule has 0 saturated carbocycles. The molecular formula is C13H26BrN3O2S. The maximum Gasteiger partial charge on any atom is 0.282 e. The highest BCUT2D eigenvalue weighted by Crippen LogP contribution is 2.21. The molecule has 5 nitrogen and oxygen atoms in total. The van der Waals surface area contributed by atoms with Crippen LogP contribution in [0.5, 0.6) is 0 Å². The maximum atomic E-state index is 12.7. The van der Waals surface area contributed by atoms with Gasteiger partial charge in [-0.3, -0.25) is 0 Å². The molecule has 2 heterocycles. The molecular weight excluding hydrogens is 342 g/mol. The van der Waals surface area contributed by atoms with Crippen LogP contribution in [0.15, 0.2) is 0 Å². The molecule has 0 unspecified atom stereocenters. The lowest BCUT2D eigenvalue weighted by Gasteiger charge is -2.33. The first-order valence-electron chi connectivity index (χ1n) is 7.57. The van der Waals surface area contributed by atoms with E-state index in [2.05, 4.69) is 27.8 Å². The summed E-state index contributed by atoms with van der Waals surface area (Å²) >= 11 is 3.45. The third-order valence-corrected chi connectivity index (χ3v) is 6.73. The van der Waals surface area contributed by atoms with Gasteiger partial charge in [0.1, 0.15) is 0 Å². The second-order valence-electron chi connectivity index (χ2n) is 5.87. The first-order valence-corrected chi connectivity index (χ1v) is 10.1. The van der Waals surface area contributed by atoms with E-state index >= 15 is 0 Å². The zero-order valence-corrected chi connectivity index (χ0v) is 14.7. The molecule has 2 aliphatic rings. The second-order valence-corrected chi connectivity index (χ2v) is 8.59. The van der Waals surface area contributed by atoms with Crippen LogP contribution in [-0.2, 0) is 10.2 Å². The van der Waals surface area contributed by atoms with Gasteiger partial charge >= 0.3 is 0 Å². The SMILES string of the molecule is CC1CCN(S(=O)(=O)N2CCCN(CCBr)CC2)CC1. The van der Waals surface area contributed by atoms with Gasteiger partial charge in [-0.15, -0.1) is 0 Å². The van der Waals surface area contributed by atoms with Gasteiger partial charge < -0.3 is 4.90 Å². The fraction of sp³-hybridized carbons (Fsp3) is 1.00. The van der Waals surface area contributed by atoms with E-state index in [9.17, 15) is 8.42 Å². The van der Waals surface area contributed by atoms with Gasteiger partial charge in [-0.1, -0.05) is 22.9 Å². The molecule has 0 aliphatic carbocycles. The van der Waals surface area contributed by atoms with Crippen LogP contribution in [-0.4, -0.2) is 73.1 Å². The first-order chi connectivity index (χ1) is 9.54. The Morgan fingerprint density at radius 1 is 1.00 bits per heavy atom.